The van der Waals surface area contributed by atoms with E-state index in [1.54, 1.807) is 0 Å². The van der Waals surface area contributed by atoms with Crippen LogP contribution in [0.5, 0.6) is 0 Å². The average molecular weight is 464 g/mol. The molecular weight excluding hydrogens is 449 g/mol. The summed E-state index contributed by atoms with van der Waals surface area (Å²) in [4.78, 5) is 38.4. The molecule has 2 aromatic carbocycles. The lowest BCUT2D eigenvalue weighted by Gasteiger charge is -2.29. The number of piperidine rings is 1. The van der Waals surface area contributed by atoms with Crippen LogP contribution < -0.4 is 10.0 Å². The summed E-state index contributed by atoms with van der Waals surface area (Å²) in [6, 6.07) is 5.68. The smallest absolute Gasteiger partial charge is 0.263 e. The highest BCUT2D eigenvalue weighted by molar-refractivity contribution is 7.92. The highest BCUT2D eigenvalue weighted by atomic mass is 35.5. The molecule has 2 heterocycles. The monoisotopic (exact) mass is 463 g/mol. The summed E-state index contributed by atoms with van der Waals surface area (Å²) in [6.45, 7) is 3.67. The van der Waals surface area contributed by atoms with Crippen molar-refractivity contribution >= 4 is 45.0 Å². The minimum Gasteiger partial charge on any atom is -0.329 e. The van der Waals surface area contributed by atoms with E-state index >= 15 is 0 Å². The molecule has 0 saturated carbocycles. The number of benzene rings is 2. The second-order valence-electron chi connectivity index (χ2n) is 7.07. The molecule has 160 valence electrons. The van der Waals surface area contributed by atoms with Gasteiger partial charge in [0.25, 0.3) is 21.8 Å². The first-order chi connectivity index (χ1) is 14.6. The molecule has 1 unspecified atom stereocenters. The maximum absolute atomic E-state index is 13.2. The molecule has 2 aliphatic heterocycles. The Morgan fingerprint density at radius 1 is 1.10 bits per heavy atom. The third-order valence-corrected chi connectivity index (χ3v) is 6.85. The van der Waals surface area contributed by atoms with E-state index in [1.807, 2.05) is 0 Å². The SMILES string of the molecule is C=C1CCC(N2C(=O)c3ccc(NS(=O)(=O)c4ccc(F)cc4Cl)cc3C2=O)C(=O)N1. The van der Waals surface area contributed by atoms with Crippen LogP contribution in [0, 0.1) is 5.82 Å². The van der Waals surface area contributed by atoms with Gasteiger partial charge >= 0.3 is 0 Å². The normalized spacial score (nSPS) is 18.8. The van der Waals surface area contributed by atoms with Crippen LogP contribution in [0.2, 0.25) is 5.02 Å². The molecular formula is C20H15ClFN3O5S. The predicted octanol–water partition coefficient (Wildman–Crippen LogP) is 2.67. The summed E-state index contributed by atoms with van der Waals surface area (Å²) < 4.78 is 40.7. The summed E-state index contributed by atoms with van der Waals surface area (Å²) in [6.07, 6.45) is 0.673. The van der Waals surface area contributed by atoms with E-state index in [4.69, 9.17) is 11.6 Å². The van der Waals surface area contributed by atoms with Gasteiger partial charge in [-0.2, -0.15) is 0 Å². The fourth-order valence-corrected chi connectivity index (χ4v) is 5.10. The van der Waals surface area contributed by atoms with Crippen molar-refractivity contribution in [2.45, 2.75) is 23.8 Å². The van der Waals surface area contributed by atoms with Gasteiger partial charge in [0.05, 0.1) is 16.1 Å². The van der Waals surface area contributed by atoms with Crippen molar-refractivity contribution in [1.82, 2.24) is 10.2 Å². The number of anilines is 1. The largest absolute Gasteiger partial charge is 0.329 e. The zero-order chi connectivity index (χ0) is 22.5. The Morgan fingerprint density at radius 3 is 2.48 bits per heavy atom. The van der Waals surface area contributed by atoms with Crippen LogP contribution in [0.25, 0.3) is 0 Å². The third-order valence-electron chi connectivity index (χ3n) is 4.99. The van der Waals surface area contributed by atoms with E-state index in [2.05, 4.69) is 16.6 Å². The van der Waals surface area contributed by atoms with Gasteiger partial charge in [0.2, 0.25) is 5.91 Å². The van der Waals surface area contributed by atoms with E-state index in [9.17, 15) is 27.2 Å². The Kier molecular flexibility index (Phi) is 5.06. The van der Waals surface area contributed by atoms with Gasteiger partial charge < -0.3 is 5.32 Å². The number of amides is 3. The molecule has 0 aromatic heterocycles. The minimum absolute atomic E-state index is 0.00335. The van der Waals surface area contributed by atoms with E-state index in [1.165, 1.54) is 18.2 Å². The fourth-order valence-electron chi connectivity index (χ4n) is 3.52. The number of hydrogen-bond donors (Lipinski definition) is 2. The van der Waals surface area contributed by atoms with Crippen LogP contribution in [-0.2, 0) is 14.8 Å². The standard InChI is InChI=1S/C20H15ClFN3O5S/c1-10-2-6-16(18(26)23-10)25-19(27)13-5-4-12(9-14(13)20(25)28)24-31(29,30)17-7-3-11(22)8-15(17)21/h3-5,7-9,16,24H,1-2,6H2,(H,23,26). The van der Waals surface area contributed by atoms with Crippen molar-refractivity contribution in [2.75, 3.05) is 4.72 Å². The van der Waals surface area contributed by atoms with Gasteiger partial charge in [-0.05, 0) is 49.2 Å². The molecule has 3 amide bonds. The number of hydrogen-bond acceptors (Lipinski definition) is 5. The second-order valence-corrected chi connectivity index (χ2v) is 9.13. The Balaban J connectivity index is 1.63. The highest BCUT2D eigenvalue weighted by Gasteiger charge is 2.44. The second kappa shape index (κ2) is 7.47. The first-order valence-electron chi connectivity index (χ1n) is 9.07. The molecule has 1 atom stereocenters. The summed E-state index contributed by atoms with van der Waals surface area (Å²) in [5, 5.41) is 2.22. The van der Waals surface area contributed by atoms with Gasteiger partial charge in [-0.25, -0.2) is 12.8 Å². The molecule has 0 radical (unpaired) electrons. The molecule has 0 spiro atoms. The van der Waals surface area contributed by atoms with Gasteiger partial charge in [0.15, 0.2) is 0 Å². The molecule has 0 aliphatic carbocycles. The predicted molar refractivity (Wildman–Crippen MR) is 109 cm³/mol. The number of nitrogens with zero attached hydrogens (tertiary/aromatic N) is 1. The Morgan fingerprint density at radius 2 is 1.81 bits per heavy atom. The molecule has 1 fully saturated rings. The van der Waals surface area contributed by atoms with Crippen molar-refractivity contribution in [3.05, 3.63) is 70.6 Å². The van der Waals surface area contributed by atoms with E-state index in [-0.39, 0.29) is 33.2 Å². The van der Waals surface area contributed by atoms with E-state index < -0.39 is 39.6 Å². The third kappa shape index (κ3) is 3.68. The molecule has 0 bridgehead atoms. The van der Waals surface area contributed by atoms with E-state index in [0.29, 0.717) is 12.1 Å². The van der Waals surface area contributed by atoms with Gasteiger partial charge in [0, 0.05) is 11.4 Å². The van der Waals surface area contributed by atoms with Crippen LogP contribution in [0.1, 0.15) is 33.6 Å². The van der Waals surface area contributed by atoms with Gasteiger partial charge in [-0.1, -0.05) is 18.2 Å². The zero-order valence-electron chi connectivity index (χ0n) is 15.8. The van der Waals surface area contributed by atoms with Crippen molar-refractivity contribution in [3.8, 4) is 0 Å². The van der Waals surface area contributed by atoms with Crippen molar-refractivity contribution in [3.63, 3.8) is 0 Å². The van der Waals surface area contributed by atoms with Crippen molar-refractivity contribution in [2.24, 2.45) is 0 Å². The average Bonchev–Trinajstić information content (AvgIpc) is 2.92. The molecule has 1 saturated heterocycles. The number of imide groups is 1. The zero-order valence-corrected chi connectivity index (χ0v) is 17.4. The maximum Gasteiger partial charge on any atom is 0.263 e. The molecule has 2 aromatic rings. The van der Waals surface area contributed by atoms with Crippen molar-refractivity contribution < 1.29 is 27.2 Å². The quantitative estimate of drug-likeness (QED) is 0.677. The molecule has 4 rings (SSSR count). The molecule has 2 N–H and O–H groups in total. The Labute approximate surface area is 181 Å². The molecule has 31 heavy (non-hydrogen) atoms. The van der Waals surface area contributed by atoms with Crippen LogP contribution in [0.15, 0.2) is 53.6 Å². The topological polar surface area (TPSA) is 113 Å². The number of carbonyl (C=O) groups is 3. The number of halogens is 2. The fraction of sp³-hybridized carbons (Fsp3) is 0.150. The number of fused-ring (bicyclic) bond motifs is 1. The van der Waals surface area contributed by atoms with Crippen LogP contribution in [-0.4, -0.2) is 37.1 Å². The number of nitrogens with one attached hydrogen (secondary N) is 2. The summed E-state index contributed by atoms with van der Waals surface area (Å²) in [5.41, 5.74) is 0.537. The van der Waals surface area contributed by atoms with Gasteiger partial charge in [-0.3, -0.25) is 24.0 Å². The Hall–Kier alpha value is -3.24. The number of rotatable bonds is 4. The van der Waals surface area contributed by atoms with Crippen molar-refractivity contribution in [1.29, 1.82) is 0 Å². The lowest BCUT2D eigenvalue weighted by atomic mass is 10.0. The first-order valence-corrected chi connectivity index (χ1v) is 10.9. The first kappa shape index (κ1) is 21.0. The number of allylic oxidation sites excluding steroid dienone is 1. The number of sulfonamides is 1. The molecule has 8 nitrogen and oxygen atoms in total. The molecule has 11 heteroatoms. The maximum atomic E-state index is 13.2. The Bertz CT molecular complexity index is 1280. The van der Waals surface area contributed by atoms with Gasteiger partial charge in [-0.15, -0.1) is 0 Å². The van der Waals surface area contributed by atoms with Gasteiger partial charge in [0.1, 0.15) is 16.8 Å². The lowest BCUT2D eigenvalue weighted by molar-refractivity contribution is -0.125. The molecule has 2 aliphatic rings. The van der Waals surface area contributed by atoms with E-state index in [0.717, 1.165) is 23.1 Å². The van der Waals surface area contributed by atoms with Crippen LogP contribution >= 0.6 is 11.6 Å². The number of carbonyl (C=O) groups excluding carboxylic acids is 3. The minimum atomic E-state index is -4.19. The lowest BCUT2D eigenvalue weighted by Crippen LogP contribution is -2.51. The summed E-state index contributed by atoms with van der Waals surface area (Å²) in [5.74, 6) is -2.53. The summed E-state index contributed by atoms with van der Waals surface area (Å²) in [7, 11) is -4.19. The highest BCUT2D eigenvalue weighted by Crippen LogP contribution is 2.31. The summed E-state index contributed by atoms with van der Waals surface area (Å²) >= 11 is 5.84. The van der Waals surface area contributed by atoms with Crippen LogP contribution in [0.4, 0.5) is 10.1 Å². The van der Waals surface area contributed by atoms with Crippen LogP contribution in [0.3, 0.4) is 0 Å².